The molecule has 0 amide bonds. The number of aromatic amines is 1. The van der Waals surface area contributed by atoms with Gasteiger partial charge >= 0.3 is 0 Å². The molecule has 0 aromatic carbocycles. The summed E-state index contributed by atoms with van der Waals surface area (Å²) in [5, 5.41) is 0. The van der Waals surface area contributed by atoms with Crippen LogP contribution in [0.4, 0.5) is 5.82 Å². The molecule has 2 fully saturated rings. The number of aryl methyl sites for hydroxylation is 1. The van der Waals surface area contributed by atoms with Gasteiger partial charge in [0.2, 0.25) is 0 Å². The van der Waals surface area contributed by atoms with E-state index < -0.39 is 0 Å². The average molecular weight is 384 g/mol. The number of pyridine rings is 1. The Hall–Kier alpha value is -2.25. The van der Waals surface area contributed by atoms with E-state index in [4.69, 9.17) is 9.47 Å². The summed E-state index contributed by atoms with van der Waals surface area (Å²) < 4.78 is 11.5. The van der Waals surface area contributed by atoms with Crippen LogP contribution in [0.1, 0.15) is 31.9 Å². The fraction of sp³-hybridized carbons (Fsp3) is 0.571. The van der Waals surface area contributed by atoms with Crippen molar-refractivity contribution in [3.05, 3.63) is 40.4 Å². The summed E-state index contributed by atoms with van der Waals surface area (Å²) in [6.07, 6.45) is 6.01. The highest BCUT2D eigenvalue weighted by molar-refractivity contribution is 5.56. The third-order valence-electron chi connectivity index (χ3n) is 5.54. The van der Waals surface area contributed by atoms with Crippen molar-refractivity contribution >= 4 is 5.82 Å². The number of H-pyrrole nitrogens is 1. The molecule has 1 atom stereocenters. The van der Waals surface area contributed by atoms with Crippen molar-refractivity contribution in [3.63, 3.8) is 0 Å². The van der Waals surface area contributed by atoms with Gasteiger partial charge in [-0.1, -0.05) is 6.92 Å². The van der Waals surface area contributed by atoms with Gasteiger partial charge in [0, 0.05) is 49.1 Å². The fourth-order valence-electron chi connectivity index (χ4n) is 3.78. The second kappa shape index (κ2) is 8.84. The molecule has 0 radical (unpaired) electrons. The maximum absolute atomic E-state index is 11.8. The van der Waals surface area contributed by atoms with Crippen molar-refractivity contribution in [3.8, 4) is 11.4 Å². The van der Waals surface area contributed by atoms with Crippen LogP contribution in [0.25, 0.3) is 11.4 Å². The molecule has 0 spiro atoms. The predicted molar refractivity (Wildman–Crippen MR) is 108 cm³/mol. The summed E-state index contributed by atoms with van der Waals surface area (Å²) in [5.41, 5.74) is 1.49. The summed E-state index contributed by atoms with van der Waals surface area (Å²) in [6, 6.07) is 5.52. The lowest BCUT2D eigenvalue weighted by Crippen LogP contribution is -2.38. The van der Waals surface area contributed by atoms with Crippen LogP contribution in [-0.4, -0.2) is 54.0 Å². The molecule has 7 heteroatoms. The first-order chi connectivity index (χ1) is 13.7. The zero-order valence-corrected chi connectivity index (χ0v) is 16.4. The predicted octanol–water partition coefficient (Wildman–Crippen LogP) is 2.42. The topological polar surface area (TPSA) is 80.3 Å². The normalized spacial score (nSPS) is 20.6. The fourth-order valence-corrected chi connectivity index (χ4v) is 3.78. The van der Waals surface area contributed by atoms with Crippen LogP contribution in [0.3, 0.4) is 0 Å². The largest absolute Gasteiger partial charge is 0.381 e. The molecule has 1 N–H and O–H groups in total. The van der Waals surface area contributed by atoms with Crippen LogP contribution in [0.2, 0.25) is 0 Å². The lowest BCUT2D eigenvalue weighted by Gasteiger charge is -2.33. The van der Waals surface area contributed by atoms with E-state index in [9.17, 15) is 4.79 Å². The Morgan fingerprint density at radius 3 is 2.82 bits per heavy atom. The highest BCUT2D eigenvalue weighted by Gasteiger charge is 2.23. The van der Waals surface area contributed by atoms with Crippen LogP contribution in [0.15, 0.2) is 29.2 Å². The minimum absolute atomic E-state index is 0.128. The minimum atomic E-state index is -0.128. The Labute approximate surface area is 165 Å². The van der Waals surface area contributed by atoms with Gasteiger partial charge in [0.05, 0.1) is 19.3 Å². The minimum Gasteiger partial charge on any atom is -0.381 e. The number of hydrogen-bond donors (Lipinski definition) is 1. The Bertz CT molecular complexity index is 822. The van der Waals surface area contributed by atoms with E-state index in [-0.39, 0.29) is 5.56 Å². The second-order valence-corrected chi connectivity index (χ2v) is 7.59. The molecule has 28 heavy (non-hydrogen) atoms. The van der Waals surface area contributed by atoms with Crippen molar-refractivity contribution in [1.82, 2.24) is 15.0 Å². The number of hydrogen-bond acceptors (Lipinski definition) is 6. The quantitative estimate of drug-likeness (QED) is 0.824. The van der Waals surface area contributed by atoms with E-state index in [1.165, 1.54) is 6.07 Å². The van der Waals surface area contributed by atoms with Gasteiger partial charge in [-0.3, -0.25) is 4.79 Å². The number of nitrogens with one attached hydrogen (secondary N) is 1. The van der Waals surface area contributed by atoms with E-state index in [1.807, 2.05) is 19.1 Å². The van der Waals surface area contributed by atoms with E-state index in [2.05, 4.69) is 19.9 Å². The maximum atomic E-state index is 11.8. The van der Waals surface area contributed by atoms with E-state index in [0.29, 0.717) is 17.8 Å². The number of aromatic nitrogens is 3. The van der Waals surface area contributed by atoms with Crippen molar-refractivity contribution in [2.24, 2.45) is 5.92 Å². The average Bonchev–Trinajstić information content (AvgIpc) is 3.26. The van der Waals surface area contributed by atoms with Crippen molar-refractivity contribution < 1.29 is 9.47 Å². The molecule has 2 aromatic heterocycles. The molecule has 2 aromatic rings. The van der Waals surface area contributed by atoms with E-state index in [1.54, 1.807) is 6.20 Å². The monoisotopic (exact) mass is 384 g/mol. The van der Waals surface area contributed by atoms with Gasteiger partial charge < -0.3 is 19.4 Å². The van der Waals surface area contributed by atoms with Crippen LogP contribution < -0.4 is 10.5 Å². The van der Waals surface area contributed by atoms with Crippen molar-refractivity contribution in [1.29, 1.82) is 0 Å². The molecule has 4 rings (SSSR count). The van der Waals surface area contributed by atoms with Gasteiger partial charge in [0.15, 0.2) is 0 Å². The SMILES string of the molecule is CCc1cc(=O)[nH]c(-c2ccc(N3CCC(OCC4CCOC4)CC3)nc2)n1. The summed E-state index contributed by atoms with van der Waals surface area (Å²) in [6.45, 7) is 6.41. The molecular formula is C21H28N4O3. The third kappa shape index (κ3) is 4.59. The number of piperidine rings is 1. The van der Waals surface area contributed by atoms with Crippen LogP contribution in [-0.2, 0) is 15.9 Å². The number of rotatable bonds is 6. The van der Waals surface area contributed by atoms with Crippen molar-refractivity contribution in [2.75, 3.05) is 37.8 Å². The molecule has 0 aliphatic carbocycles. The van der Waals surface area contributed by atoms with Gasteiger partial charge in [0.1, 0.15) is 11.6 Å². The number of ether oxygens (including phenoxy) is 2. The summed E-state index contributed by atoms with van der Waals surface area (Å²) >= 11 is 0. The molecule has 0 bridgehead atoms. The molecule has 2 saturated heterocycles. The van der Waals surface area contributed by atoms with Crippen molar-refractivity contribution in [2.45, 2.75) is 38.7 Å². The van der Waals surface area contributed by atoms with Gasteiger partial charge in [-0.05, 0) is 37.8 Å². The summed E-state index contributed by atoms with van der Waals surface area (Å²) in [5.74, 6) is 2.10. The van der Waals surface area contributed by atoms with Gasteiger partial charge in [-0.15, -0.1) is 0 Å². The van der Waals surface area contributed by atoms with Gasteiger partial charge in [-0.25, -0.2) is 9.97 Å². The third-order valence-corrected chi connectivity index (χ3v) is 5.54. The van der Waals surface area contributed by atoms with E-state index >= 15 is 0 Å². The number of anilines is 1. The Morgan fingerprint density at radius 2 is 2.14 bits per heavy atom. The lowest BCUT2D eigenvalue weighted by atomic mass is 10.1. The molecule has 150 valence electrons. The molecule has 2 aliphatic rings. The zero-order chi connectivity index (χ0) is 19.3. The first kappa shape index (κ1) is 19.1. The van der Waals surface area contributed by atoms with Gasteiger partial charge in [-0.2, -0.15) is 0 Å². The lowest BCUT2D eigenvalue weighted by molar-refractivity contribution is 0.0131. The molecule has 1 unspecified atom stereocenters. The zero-order valence-electron chi connectivity index (χ0n) is 16.4. The molecule has 0 saturated carbocycles. The summed E-state index contributed by atoms with van der Waals surface area (Å²) in [7, 11) is 0. The highest BCUT2D eigenvalue weighted by Crippen LogP contribution is 2.23. The first-order valence-corrected chi connectivity index (χ1v) is 10.2. The van der Waals surface area contributed by atoms with Crippen LogP contribution in [0.5, 0.6) is 0 Å². The first-order valence-electron chi connectivity index (χ1n) is 10.2. The molecular weight excluding hydrogens is 356 g/mol. The van der Waals surface area contributed by atoms with Crippen LogP contribution in [0, 0.1) is 5.92 Å². The molecule has 2 aliphatic heterocycles. The highest BCUT2D eigenvalue weighted by atomic mass is 16.5. The maximum Gasteiger partial charge on any atom is 0.251 e. The Kier molecular flexibility index (Phi) is 6.02. The Morgan fingerprint density at radius 1 is 1.29 bits per heavy atom. The van der Waals surface area contributed by atoms with Crippen LogP contribution >= 0.6 is 0 Å². The number of nitrogens with zero attached hydrogens (tertiary/aromatic N) is 3. The smallest absolute Gasteiger partial charge is 0.251 e. The summed E-state index contributed by atoms with van der Waals surface area (Å²) in [4.78, 5) is 26.0. The molecule has 7 nitrogen and oxygen atoms in total. The second-order valence-electron chi connectivity index (χ2n) is 7.59. The standard InChI is InChI=1S/C21H28N4O3/c1-2-17-11-20(26)24-21(23-17)16-3-4-19(22-12-16)25-8-5-18(6-9-25)28-14-15-7-10-27-13-15/h3-4,11-12,15,18H,2,5-10,13-14H2,1H3,(H,23,24,26). The van der Waals surface area contributed by atoms with E-state index in [0.717, 1.165) is 75.7 Å². The Balaban J connectivity index is 1.33. The van der Waals surface area contributed by atoms with Gasteiger partial charge in [0.25, 0.3) is 5.56 Å². The molecule has 4 heterocycles.